The predicted octanol–water partition coefficient (Wildman–Crippen LogP) is 4.23. The highest BCUT2D eigenvalue weighted by atomic mass is 35.5. The second-order valence-electron chi connectivity index (χ2n) is 5.70. The summed E-state index contributed by atoms with van der Waals surface area (Å²) in [5.41, 5.74) is 7.65. The number of hydrogen-bond donors (Lipinski definition) is 1. The molecule has 10 heteroatoms. The lowest BCUT2D eigenvalue weighted by Gasteiger charge is -2.14. The van der Waals surface area contributed by atoms with Gasteiger partial charge in [0.05, 0.1) is 22.1 Å². The van der Waals surface area contributed by atoms with Crippen LogP contribution in [0.25, 0.3) is 21.6 Å². The molecule has 4 rings (SSSR count). The van der Waals surface area contributed by atoms with E-state index < -0.39 is 0 Å². The summed E-state index contributed by atoms with van der Waals surface area (Å²) in [5.74, 6) is 0.652. The third-order valence-corrected chi connectivity index (χ3v) is 5.16. The van der Waals surface area contributed by atoms with E-state index in [4.69, 9.17) is 33.7 Å². The molecule has 0 aliphatic heterocycles. The van der Waals surface area contributed by atoms with Crippen molar-refractivity contribution in [1.29, 1.82) is 0 Å². The molecular weight excluding hydrogens is 407 g/mol. The Labute approximate surface area is 168 Å². The number of rotatable bonds is 5. The second kappa shape index (κ2) is 7.30. The number of aromatic nitrogens is 5. The zero-order chi connectivity index (χ0) is 19.0. The maximum atomic E-state index is 6.50. The summed E-state index contributed by atoms with van der Waals surface area (Å²) in [6, 6.07) is 5.20. The van der Waals surface area contributed by atoms with E-state index in [1.165, 1.54) is 11.3 Å². The van der Waals surface area contributed by atoms with Crippen LogP contribution in [0.2, 0.25) is 10.0 Å². The Hall–Kier alpha value is -2.42. The van der Waals surface area contributed by atoms with Gasteiger partial charge >= 0.3 is 0 Å². The number of nitrogen functional groups attached to an aromatic ring is 1. The van der Waals surface area contributed by atoms with Gasteiger partial charge in [-0.3, -0.25) is 4.68 Å². The lowest BCUT2D eigenvalue weighted by Crippen LogP contribution is -2.09. The van der Waals surface area contributed by atoms with E-state index >= 15 is 0 Å². The molecule has 0 unspecified atom stereocenters. The Morgan fingerprint density at radius 3 is 2.85 bits per heavy atom. The molecule has 2 N–H and O–H groups in total. The first kappa shape index (κ1) is 18.0. The highest BCUT2D eigenvalue weighted by Crippen LogP contribution is 2.41. The number of halogens is 2. The van der Waals surface area contributed by atoms with Crippen molar-refractivity contribution in [2.45, 2.75) is 13.5 Å². The first-order chi connectivity index (χ1) is 13.0. The van der Waals surface area contributed by atoms with Gasteiger partial charge in [-0.1, -0.05) is 34.5 Å². The minimum absolute atomic E-state index is 0.148. The molecule has 0 atom stereocenters. The molecule has 0 aliphatic carbocycles. The molecule has 0 radical (unpaired) electrons. The van der Waals surface area contributed by atoms with Crippen molar-refractivity contribution >= 4 is 50.8 Å². The molecule has 0 aliphatic rings. The quantitative estimate of drug-likeness (QED) is 0.519. The molecule has 0 saturated heterocycles. The summed E-state index contributed by atoms with van der Waals surface area (Å²) in [4.78, 5) is 13.9. The third-order valence-electron chi connectivity index (χ3n) is 3.78. The normalized spacial score (nSPS) is 11.2. The average molecular weight is 421 g/mol. The lowest BCUT2D eigenvalue weighted by molar-refractivity contribution is 0.292. The van der Waals surface area contributed by atoms with E-state index in [2.05, 4.69) is 20.1 Å². The average Bonchev–Trinajstić information content (AvgIpc) is 3.22. The topological polar surface area (TPSA) is 91.7 Å². The van der Waals surface area contributed by atoms with Crippen LogP contribution in [0.1, 0.15) is 5.01 Å². The van der Waals surface area contributed by atoms with Crippen LogP contribution in [0.15, 0.2) is 30.6 Å². The summed E-state index contributed by atoms with van der Waals surface area (Å²) >= 11 is 14.1. The van der Waals surface area contributed by atoms with Crippen LogP contribution in [0.4, 0.5) is 5.95 Å². The van der Waals surface area contributed by atoms with Gasteiger partial charge < -0.3 is 10.5 Å². The van der Waals surface area contributed by atoms with E-state index in [1.54, 1.807) is 23.0 Å². The Balaban J connectivity index is 1.78. The zero-order valence-corrected chi connectivity index (χ0v) is 16.5. The summed E-state index contributed by atoms with van der Waals surface area (Å²) in [7, 11) is 0. The number of benzene rings is 1. The van der Waals surface area contributed by atoms with Crippen LogP contribution in [0.5, 0.6) is 5.75 Å². The zero-order valence-electron chi connectivity index (χ0n) is 14.2. The number of aryl methyl sites for hydroxylation is 1. The Bertz CT molecular complexity index is 1110. The van der Waals surface area contributed by atoms with Crippen LogP contribution >= 0.6 is 34.5 Å². The van der Waals surface area contributed by atoms with E-state index in [-0.39, 0.29) is 5.95 Å². The minimum Gasteiger partial charge on any atom is -0.491 e. The number of ether oxygens (including phenoxy) is 1. The Morgan fingerprint density at radius 2 is 2.07 bits per heavy atom. The first-order valence-corrected chi connectivity index (χ1v) is 9.59. The van der Waals surface area contributed by atoms with Gasteiger partial charge in [-0.15, -0.1) is 0 Å². The fraction of sp³-hybridized carbons (Fsp3) is 0.176. The number of nitrogens with zero attached hydrogens (tertiary/aromatic N) is 5. The monoisotopic (exact) mass is 420 g/mol. The molecule has 0 bridgehead atoms. The minimum atomic E-state index is 0.148. The largest absolute Gasteiger partial charge is 0.491 e. The van der Waals surface area contributed by atoms with Gasteiger partial charge in [-0.05, 0) is 25.1 Å². The van der Waals surface area contributed by atoms with Crippen LogP contribution in [-0.2, 0) is 6.54 Å². The highest BCUT2D eigenvalue weighted by Gasteiger charge is 2.20. The summed E-state index contributed by atoms with van der Waals surface area (Å²) < 4.78 is 7.74. The summed E-state index contributed by atoms with van der Waals surface area (Å²) in [6.07, 6.45) is 3.58. The van der Waals surface area contributed by atoms with Crippen LogP contribution in [0.3, 0.4) is 0 Å². The molecule has 0 amide bonds. The number of thiazole rings is 1. The SMILES string of the molecule is Cc1nc2c(-c3c(Cl)cc(Cl)cc3OCCn3cccn3)nc(N)nc2s1. The van der Waals surface area contributed by atoms with Gasteiger partial charge in [0.1, 0.15) is 28.4 Å². The van der Waals surface area contributed by atoms with Gasteiger partial charge in [0.15, 0.2) is 0 Å². The Morgan fingerprint density at radius 1 is 1.22 bits per heavy atom. The molecule has 3 aromatic heterocycles. The van der Waals surface area contributed by atoms with E-state index in [0.717, 1.165) is 5.01 Å². The highest BCUT2D eigenvalue weighted by molar-refractivity contribution is 7.18. The predicted molar refractivity (Wildman–Crippen MR) is 108 cm³/mol. The standard InChI is InChI=1S/C17H14Cl2N6OS/c1-9-22-15-14(23-17(20)24-16(15)27-9)13-11(19)7-10(18)8-12(13)26-6-5-25-4-2-3-21-25/h2-4,7-8H,5-6H2,1H3,(H2,20,23,24). The second-order valence-corrected chi connectivity index (χ2v) is 7.72. The van der Waals surface area contributed by atoms with Crippen molar-refractivity contribution in [1.82, 2.24) is 24.7 Å². The Kier molecular flexibility index (Phi) is 4.86. The number of hydrogen-bond acceptors (Lipinski definition) is 7. The summed E-state index contributed by atoms with van der Waals surface area (Å²) in [5, 5.41) is 5.88. The molecule has 1 aromatic carbocycles. The third kappa shape index (κ3) is 3.69. The van der Waals surface area contributed by atoms with Crippen molar-refractivity contribution in [3.05, 3.63) is 45.6 Å². The fourth-order valence-electron chi connectivity index (χ4n) is 2.69. The van der Waals surface area contributed by atoms with E-state index in [1.807, 2.05) is 19.2 Å². The van der Waals surface area contributed by atoms with Gasteiger partial charge in [0, 0.05) is 17.4 Å². The van der Waals surface area contributed by atoms with Crippen molar-refractivity contribution in [3.8, 4) is 17.0 Å². The van der Waals surface area contributed by atoms with Gasteiger partial charge in [-0.25, -0.2) is 15.0 Å². The van der Waals surface area contributed by atoms with Crippen LogP contribution < -0.4 is 10.5 Å². The molecule has 0 saturated carbocycles. The first-order valence-electron chi connectivity index (χ1n) is 8.01. The molecule has 27 heavy (non-hydrogen) atoms. The van der Waals surface area contributed by atoms with Crippen molar-refractivity contribution < 1.29 is 4.74 Å². The van der Waals surface area contributed by atoms with Crippen LogP contribution in [0, 0.1) is 6.92 Å². The van der Waals surface area contributed by atoms with Crippen LogP contribution in [-0.4, -0.2) is 31.3 Å². The molecule has 0 spiro atoms. The maximum absolute atomic E-state index is 6.50. The lowest BCUT2D eigenvalue weighted by atomic mass is 10.1. The molecule has 0 fully saturated rings. The number of nitrogens with two attached hydrogens (primary N) is 1. The molecule has 7 nitrogen and oxygen atoms in total. The van der Waals surface area contributed by atoms with Gasteiger partial charge in [0.2, 0.25) is 5.95 Å². The van der Waals surface area contributed by atoms with E-state index in [0.29, 0.717) is 50.6 Å². The number of anilines is 1. The molecule has 3 heterocycles. The smallest absolute Gasteiger partial charge is 0.222 e. The van der Waals surface area contributed by atoms with Gasteiger partial charge in [-0.2, -0.15) is 5.10 Å². The molecule has 138 valence electrons. The number of fused-ring (bicyclic) bond motifs is 1. The molecule has 4 aromatic rings. The van der Waals surface area contributed by atoms with Crippen molar-refractivity contribution in [3.63, 3.8) is 0 Å². The maximum Gasteiger partial charge on any atom is 0.222 e. The fourth-order valence-corrected chi connectivity index (χ4v) is 4.05. The van der Waals surface area contributed by atoms with Crippen molar-refractivity contribution in [2.75, 3.05) is 12.3 Å². The molecular formula is C17H14Cl2N6OS. The van der Waals surface area contributed by atoms with Gasteiger partial charge in [0.25, 0.3) is 0 Å². The van der Waals surface area contributed by atoms with E-state index in [9.17, 15) is 0 Å². The summed E-state index contributed by atoms with van der Waals surface area (Å²) in [6.45, 7) is 2.86. The van der Waals surface area contributed by atoms with Crippen molar-refractivity contribution in [2.24, 2.45) is 0 Å².